The number of hydrogen-bond donors (Lipinski definition) is 2. The van der Waals surface area contributed by atoms with Crippen LogP contribution in [0.25, 0.3) is 0 Å². The van der Waals surface area contributed by atoms with Crippen LogP contribution in [0.15, 0.2) is 54.6 Å². The number of amides is 4. The number of nitrogens with one attached hydrogen (secondary N) is 2. The smallest absolute Gasteiger partial charge is 0.325 e. The van der Waals surface area contributed by atoms with Gasteiger partial charge in [0.25, 0.3) is 5.91 Å². The second kappa shape index (κ2) is 8.30. The Morgan fingerprint density at radius 1 is 1.13 bits per heavy atom. The van der Waals surface area contributed by atoms with Crippen LogP contribution in [0.4, 0.5) is 4.79 Å². The molecule has 1 aliphatic carbocycles. The van der Waals surface area contributed by atoms with Crippen LogP contribution in [-0.4, -0.2) is 34.8 Å². The van der Waals surface area contributed by atoms with Gasteiger partial charge in [-0.05, 0) is 55.7 Å². The Morgan fingerprint density at radius 3 is 2.67 bits per heavy atom. The topological polar surface area (TPSA) is 78.5 Å². The fraction of sp³-hybridized carbons (Fsp3) is 0.375. The lowest BCUT2D eigenvalue weighted by atomic mass is 9.88. The molecule has 4 amide bonds. The molecule has 156 valence electrons. The van der Waals surface area contributed by atoms with E-state index in [-0.39, 0.29) is 24.4 Å². The first kappa shape index (κ1) is 20.1. The van der Waals surface area contributed by atoms with E-state index >= 15 is 0 Å². The molecule has 1 fully saturated rings. The summed E-state index contributed by atoms with van der Waals surface area (Å²) in [6, 6.07) is 17.4. The fourth-order valence-electron chi connectivity index (χ4n) is 4.39. The molecule has 2 N–H and O–H groups in total. The number of urea groups is 1. The number of imide groups is 1. The molecule has 0 bridgehead atoms. The molecule has 0 aromatic heterocycles. The lowest BCUT2D eigenvalue weighted by Crippen LogP contribution is -2.46. The average Bonchev–Trinajstić information content (AvgIpc) is 2.97. The summed E-state index contributed by atoms with van der Waals surface area (Å²) in [5.74, 6) is -0.657. The van der Waals surface area contributed by atoms with Gasteiger partial charge < -0.3 is 10.6 Å². The van der Waals surface area contributed by atoms with E-state index < -0.39 is 11.6 Å². The van der Waals surface area contributed by atoms with Gasteiger partial charge in [0, 0.05) is 0 Å². The first-order chi connectivity index (χ1) is 14.5. The highest BCUT2D eigenvalue weighted by Gasteiger charge is 2.47. The number of aryl methyl sites for hydroxylation is 2. The van der Waals surface area contributed by atoms with Gasteiger partial charge >= 0.3 is 6.03 Å². The monoisotopic (exact) mass is 405 g/mol. The lowest BCUT2D eigenvalue weighted by Gasteiger charge is -2.27. The molecule has 2 atom stereocenters. The Morgan fingerprint density at radius 2 is 1.87 bits per heavy atom. The Labute approximate surface area is 176 Å². The molecular weight excluding hydrogens is 378 g/mol. The molecule has 0 unspecified atom stereocenters. The van der Waals surface area contributed by atoms with Crippen LogP contribution in [0.5, 0.6) is 0 Å². The minimum Gasteiger partial charge on any atom is -0.348 e. The van der Waals surface area contributed by atoms with E-state index in [0.717, 1.165) is 35.3 Å². The van der Waals surface area contributed by atoms with Crippen LogP contribution >= 0.6 is 0 Å². The van der Waals surface area contributed by atoms with Crippen molar-refractivity contribution in [3.63, 3.8) is 0 Å². The van der Waals surface area contributed by atoms with Crippen molar-refractivity contribution < 1.29 is 14.4 Å². The SMILES string of the molecule is C[C@@]1(CCc2ccccc2)NC(=O)N(CC(=O)N[C@H]2CCCc3ccccc32)C1=O. The van der Waals surface area contributed by atoms with Crippen LogP contribution in [0, 0.1) is 0 Å². The van der Waals surface area contributed by atoms with E-state index in [9.17, 15) is 14.4 Å². The van der Waals surface area contributed by atoms with E-state index in [0.29, 0.717) is 12.8 Å². The van der Waals surface area contributed by atoms with Gasteiger partial charge in [0.2, 0.25) is 5.91 Å². The van der Waals surface area contributed by atoms with Gasteiger partial charge in [0.05, 0.1) is 6.04 Å². The summed E-state index contributed by atoms with van der Waals surface area (Å²) in [7, 11) is 0. The van der Waals surface area contributed by atoms with E-state index in [1.165, 1.54) is 5.56 Å². The van der Waals surface area contributed by atoms with Gasteiger partial charge in [-0.3, -0.25) is 14.5 Å². The maximum atomic E-state index is 12.9. The number of carbonyl (C=O) groups excluding carboxylic acids is 3. The molecule has 0 radical (unpaired) electrons. The zero-order chi connectivity index (χ0) is 21.1. The molecule has 1 saturated heterocycles. The first-order valence-electron chi connectivity index (χ1n) is 10.5. The maximum Gasteiger partial charge on any atom is 0.325 e. The highest BCUT2D eigenvalue weighted by molar-refractivity contribution is 6.08. The fourth-order valence-corrected chi connectivity index (χ4v) is 4.39. The third-order valence-corrected chi connectivity index (χ3v) is 6.11. The van der Waals surface area contributed by atoms with Crippen LogP contribution in [0.2, 0.25) is 0 Å². The van der Waals surface area contributed by atoms with Crippen molar-refractivity contribution in [1.82, 2.24) is 15.5 Å². The van der Waals surface area contributed by atoms with Crippen LogP contribution in [0.3, 0.4) is 0 Å². The molecule has 6 nitrogen and oxygen atoms in total. The van der Waals surface area contributed by atoms with Gasteiger partial charge in [0.1, 0.15) is 12.1 Å². The normalized spacial score (nSPS) is 23.1. The van der Waals surface area contributed by atoms with Crippen molar-refractivity contribution in [1.29, 1.82) is 0 Å². The minimum atomic E-state index is -0.995. The first-order valence-corrected chi connectivity index (χ1v) is 10.5. The van der Waals surface area contributed by atoms with Crippen molar-refractivity contribution in [3.05, 3.63) is 71.3 Å². The molecule has 1 aliphatic heterocycles. The Bertz CT molecular complexity index is 959. The molecular formula is C24H27N3O3. The predicted molar refractivity (Wildman–Crippen MR) is 114 cm³/mol. The van der Waals surface area contributed by atoms with Gasteiger partial charge in [-0.1, -0.05) is 54.6 Å². The quantitative estimate of drug-likeness (QED) is 0.725. The molecule has 1 heterocycles. The molecule has 6 heteroatoms. The molecule has 4 rings (SSSR count). The summed E-state index contributed by atoms with van der Waals surface area (Å²) in [4.78, 5) is 39.1. The van der Waals surface area contributed by atoms with Gasteiger partial charge in [-0.2, -0.15) is 0 Å². The predicted octanol–water partition coefficient (Wildman–Crippen LogP) is 3.12. The van der Waals surface area contributed by atoms with Gasteiger partial charge in [-0.25, -0.2) is 4.79 Å². The van der Waals surface area contributed by atoms with Crippen LogP contribution in [-0.2, 0) is 22.4 Å². The molecule has 0 spiro atoms. The summed E-state index contributed by atoms with van der Waals surface area (Å²) >= 11 is 0. The van der Waals surface area contributed by atoms with Crippen LogP contribution < -0.4 is 10.6 Å². The van der Waals surface area contributed by atoms with Crippen LogP contribution in [0.1, 0.15) is 48.9 Å². The van der Waals surface area contributed by atoms with Crippen molar-refractivity contribution in [2.75, 3.05) is 6.54 Å². The molecule has 2 aliphatic rings. The summed E-state index contributed by atoms with van der Waals surface area (Å²) in [6.07, 6.45) is 4.02. The summed E-state index contributed by atoms with van der Waals surface area (Å²) in [5, 5.41) is 5.80. The maximum absolute atomic E-state index is 12.9. The Hall–Kier alpha value is -3.15. The zero-order valence-electron chi connectivity index (χ0n) is 17.2. The highest BCUT2D eigenvalue weighted by atomic mass is 16.2. The van der Waals surface area contributed by atoms with Crippen molar-refractivity contribution in [2.45, 2.75) is 50.6 Å². The second-order valence-corrected chi connectivity index (χ2v) is 8.35. The largest absolute Gasteiger partial charge is 0.348 e. The number of carbonyl (C=O) groups is 3. The summed E-state index contributed by atoms with van der Waals surface area (Å²) in [5.41, 5.74) is 2.48. The third-order valence-electron chi connectivity index (χ3n) is 6.11. The Balaban J connectivity index is 1.38. The molecule has 2 aromatic rings. The number of fused-ring (bicyclic) bond motifs is 1. The number of rotatable bonds is 6. The van der Waals surface area contributed by atoms with E-state index in [2.05, 4.69) is 16.7 Å². The molecule has 0 saturated carbocycles. The van der Waals surface area contributed by atoms with E-state index in [1.807, 2.05) is 48.5 Å². The standard InChI is InChI=1S/C24H27N3O3/c1-24(15-14-17-8-3-2-4-9-17)22(29)27(23(30)26-24)16-21(28)25-20-13-7-11-18-10-5-6-12-19(18)20/h2-6,8-10,12,20H,7,11,13-16H2,1H3,(H,25,28)(H,26,30)/t20-,24-/m0/s1. The van der Waals surface area contributed by atoms with Gasteiger partial charge in [0.15, 0.2) is 0 Å². The van der Waals surface area contributed by atoms with Crippen molar-refractivity contribution in [2.24, 2.45) is 0 Å². The minimum absolute atomic E-state index is 0.0762. The van der Waals surface area contributed by atoms with Gasteiger partial charge in [-0.15, -0.1) is 0 Å². The van der Waals surface area contributed by atoms with E-state index in [4.69, 9.17) is 0 Å². The molecule has 30 heavy (non-hydrogen) atoms. The van der Waals surface area contributed by atoms with Crippen molar-refractivity contribution in [3.8, 4) is 0 Å². The van der Waals surface area contributed by atoms with Crippen molar-refractivity contribution >= 4 is 17.8 Å². The molecule has 2 aromatic carbocycles. The lowest BCUT2D eigenvalue weighted by molar-refractivity contribution is -0.135. The average molecular weight is 405 g/mol. The zero-order valence-corrected chi connectivity index (χ0v) is 17.2. The second-order valence-electron chi connectivity index (χ2n) is 8.35. The highest BCUT2D eigenvalue weighted by Crippen LogP contribution is 2.29. The third kappa shape index (κ3) is 4.08. The Kier molecular flexibility index (Phi) is 5.57. The number of hydrogen-bond acceptors (Lipinski definition) is 3. The van der Waals surface area contributed by atoms with E-state index in [1.54, 1.807) is 6.92 Å². The number of benzene rings is 2. The summed E-state index contributed by atoms with van der Waals surface area (Å²) in [6.45, 7) is 1.47. The number of nitrogens with zero attached hydrogens (tertiary/aromatic N) is 1. The summed E-state index contributed by atoms with van der Waals surface area (Å²) < 4.78 is 0.